The molecule has 0 spiro atoms. The van der Waals surface area contributed by atoms with Gasteiger partial charge in [-0.1, -0.05) is 121 Å². The van der Waals surface area contributed by atoms with Crippen LogP contribution < -0.4 is 0 Å². The van der Waals surface area contributed by atoms with Gasteiger partial charge in [0.2, 0.25) is 0 Å². The van der Waals surface area contributed by atoms with Gasteiger partial charge in [-0.2, -0.15) is 0 Å². The van der Waals surface area contributed by atoms with Crippen molar-refractivity contribution in [2.45, 2.75) is 69.5 Å². The van der Waals surface area contributed by atoms with Gasteiger partial charge in [0, 0.05) is 6.42 Å². The molecule has 41 heavy (non-hydrogen) atoms. The fraction of sp³-hybridized carbons (Fsp3) is 0.314. The summed E-state index contributed by atoms with van der Waals surface area (Å²) < 4.78 is 26.0. The molecular formula is C35H38O6. The third kappa shape index (κ3) is 7.68. The van der Waals surface area contributed by atoms with E-state index < -0.39 is 36.3 Å². The molecule has 4 aromatic rings. The van der Waals surface area contributed by atoms with E-state index in [0.717, 1.165) is 22.3 Å². The Bertz CT molecular complexity index is 1300. The van der Waals surface area contributed by atoms with E-state index in [2.05, 4.69) is 0 Å². The summed E-state index contributed by atoms with van der Waals surface area (Å²) >= 11 is 0. The number of hydrogen-bond donors (Lipinski definition) is 2. The number of aliphatic hydroxyl groups is 2. The van der Waals surface area contributed by atoms with Gasteiger partial charge in [0.25, 0.3) is 0 Å². The summed E-state index contributed by atoms with van der Waals surface area (Å²) in [5.74, 6) is -1.80. The first-order valence-electron chi connectivity index (χ1n) is 14.1. The van der Waals surface area contributed by atoms with Crippen molar-refractivity contribution in [2.24, 2.45) is 0 Å². The fourth-order valence-corrected chi connectivity index (χ4v) is 5.28. The zero-order valence-electron chi connectivity index (χ0n) is 23.3. The monoisotopic (exact) mass is 554 g/mol. The van der Waals surface area contributed by atoms with Crippen LogP contribution in [0.25, 0.3) is 0 Å². The van der Waals surface area contributed by atoms with Crippen molar-refractivity contribution >= 4 is 0 Å². The molecule has 0 unspecified atom stereocenters. The van der Waals surface area contributed by atoms with Gasteiger partial charge in [-0.25, -0.2) is 0 Å². The van der Waals surface area contributed by atoms with Crippen LogP contribution >= 0.6 is 0 Å². The minimum atomic E-state index is -1.80. The van der Waals surface area contributed by atoms with Crippen LogP contribution in [0.3, 0.4) is 0 Å². The number of benzene rings is 4. The molecule has 2 N–H and O–H groups in total. The summed E-state index contributed by atoms with van der Waals surface area (Å²) in [6.07, 6.45) is -4.09. The standard InChI is InChI=1S/C35H38O6/c1-26(36)31-32(38-23-28-16-8-3-9-17-28)33(39-24-29-18-10-4-11-19-29)34(40-25-30-20-12-5-13-21-30)35(37,41-31)22-27-14-6-2-7-15-27/h2-21,26,31-34,36-37H,22-25H2,1H3/t26-,31-,32-,33+,34-,35-/m1/s1. The molecule has 1 fully saturated rings. The molecule has 214 valence electrons. The normalized spacial score (nSPS) is 25.0. The maximum atomic E-state index is 12.3. The minimum absolute atomic E-state index is 0.146. The van der Waals surface area contributed by atoms with Crippen LogP contribution in [0, 0.1) is 0 Å². The average molecular weight is 555 g/mol. The lowest BCUT2D eigenvalue weighted by molar-refractivity contribution is -0.374. The van der Waals surface area contributed by atoms with Crippen molar-refractivity contribution in [1.82, 2.24) is 0 Å². The van der Waals surface area contributed by atoms with Gasteiger partial charge in [0.15, 0.2) is 5.79 Å². The van der Waals surface area contributed by atoms with Crippen LogP contribution in [0.15, 0.2) is 121 Å². The molecular weight excluding hydrogens is 516 g/mol. The van der Waals surface area contributed by atoms with E-state index in [1.54, 1.807) is 6.92 Å². The predicted octanol–water partition coefficient (Wildman–Crippen LogP) is 5.45. The van der Waals surface area contributed by atoms with E-state index >= 15 is 0 Å². The highest BCUT2D eigenvalue weighted by atomic mass is 16.7. The Labute approximate surface area is 242 Å². The van der Waals surface area contributed by atoms with E-state index in [1.165, 1.54) is 0 Å². The molecule has 4 aromatic carbocycles. The quantitative estimate of drug-likeness (QED) is 0.242. The first-order chi connectivity index (χ1) is 20.0. The third-order valence-corrected chi connectivity index (χ3v) is 7.35. The summed E-state index contributed by atoms with van der Waals surface area (Å²) in [6.45, 7) is 2.44. The SMILES string of the molecule is C[C@@H](O)[C@H]1O[C@](O)(Cc2ccccc2)[C@H](OCc2ccccc2)[C@@H](OCc2ccccc2)[C@@H]1OCc1ccccc1. The molecule has 1 aliphatic rings. The zero-order valence-corrected chi connectivity index (χ0v) is 23.3. The summed E-state index contributed by atoms with van der Waals surface area (Å²) in [4.78, 5) is 0. The summed E-state index contributed by atoms with van der Waals surface area (Å²) in [5.41, 5.74) is 3.78. The van der Waals surface area contributed by atoms with Crippen molar-refractivity contribution in [2.75, 3.05) is 0 Å². The van der Waals surface area contributed by atoms with Crippen molar-refractivity contribution in [1.29, 1.82) is 0 Å². The second-order valence-corrected chi connectivity index (χ2v) is 10.6. The maximum absolute atomic E-state index is 12.3. The first kappa shape index (κ1) is 29.1. The molecule has 1 saturated heterocycles. The molecule has 0 amide bonds. The van der Waals surface area contributed by atoms with Crippen molar-refractivity contribution in [3.8, 4) is 0 Å². The molecule has 1 aliphatic heterocycles. The molecule has 1 heterocycles. The summed E-state index contributed by atoms with van der Waals surface area (Å²) in [7, 11) is 0. The van der Waals surface area contributed by atoms with Crippen LogP contribution in [0.1, 0.15) is 29.2 Å². The minimum Gasteiger partial charge on any atom is -0.391 e. The van der Waals surface area contributed by atoms with E-state index in [0.29, 0.717) is 0 Å². The van der Waals surface area contributed by atoms with Crippen LogP contribution in [0.4, 0.5) is 0 Å². The van der Waals surface area contributed by atoms with Gasteiger partial charge < -0.3 is 29.2 Å². The molecule has 0 saturated carbocycles. The Morgan fingerprint density at radius 1 is 0.610 bits per heavy atom. The lowest BCUT2D eigenvalue weighted by Gasteiger charge is -2.51. The molecule has 6 nitrogen and oxygen atoms in total. The Balaban J connectivity index is 1.51. The van der Waals surface area contributed by atoms with Crippen LogP contribution in [-0.4, -0.2) is 46.5 Å². The molecule has 0 radical (unpaired) electrons. The lowest BCUT2D eigenvalue weighted by atomic mass is 9.86. The average Bonchev–Trinajstić information content (AvgIpc) is 3.00. The maximum Gasteiger partial charge on any atom is 0.199 e. The Kier molecular flexibility index (Phi) is 9.96. The van der Waals surface area contributed by atoms with Crippen molar-refractivity contribution in [3.05, 3.63) is 144 Å². The second kappa shape index (κ2) is 14.0. The van der Waals surface area contributed by atoms with E-state index in [4.69, 9.17) is 18.9 Å². The topological polar surface area (TPSA) is 77.4 Å². The highest BCUT2D eigenvalue weighted by molar-refractivity contribution is 5.20. The largest absolute Gasteiger partial charge is 0.391 e. The number of hydrogen-bond acceptors (Lipinski definition) is 6. The Hall–Kier alpha value is -3.36. The van der Waals surface area contributed by atoms with Crippen molar-refractivity contribution < 1.29 is 29.2 Å². The Morgan fingerprint density at radius 3 is 1.44 bits per heavy atom. The molecule has 6 atom stereocenters. The van der Waals surface area contributed by atoms with E-state index in [9.17, 15) is 10.2 Å². The first-order valence-corrected chi connectivity index (χ1v) is 14.1. The highest BCUT2D eigenvalue weighted by Crippen LogP contribution is 2.38. The number of ether oxygens (including phenoxy) is 4. The van der Waals surface area contributed by atoms with E-state index in [1.807, 2.05) is 121 Å². The Morgan fingerprint density at radius 2 is 1.00 bits per heavy atom. The van der Waals surface area contributed by atoms with Gasteiger partial charge in [0.1, 0.15) is 24.4 Å². The fourth-order valence-electron chi connectivity index (χ4n) is 5.28. The molecule has 0 aromatic heterocycles. The predicted molar refractivity (Wildman–Crippen MR) is 157 cm³/mol. The number of aliphatic hydroxyl groups excluding tert-OH is 1. The summed E-state index contributed by atoms with van der Waals surface area (Å²) in [6, 6.07) is 39.1. The van der Waals surface area contributed by atoms with E-state index in [-0.39, 0.29) is 26.2 Å². The smallest absolute Gasteiger partial charge is 0.199 e. The highest BCUT2D eigenvalue weighted by Gasteiger charge is 2.57. The third-order valence-electron chi connectivity index (χ3n) is 7.35. The van der Waals surface area contributed by atoms with Crippen LogP contribution in [0.5, 0.6) is 0 Å². The van der Waals surface area contributed by atoms with Gasteiger partial charge in [-0.15, -0.1) is 0 Å². The summed E-state index contributed by atoms with van der Waals surface area (Å²) in [5, 5.41) is 23.2. The number of rotatable bonds is 12. The van der Waals surface area contributed by atoms with Crippen LogP contribution in [0.2, 0.25) is 0 Å². The van der Waals surface area contributed by atoms with Crippen molar-refractivity contribution in [3.63, 3.8) is 0 Å². The molecule has 5 rings (SSSR count). The van der Waals surface area contributed by atoms with Gasteiger partial charge >= 0.3 is 0 Å². The molecule has 0 bridgehead atoms. The van der Waals surface area contributed by atoms with Gasteiger partial charge in [0.05, 0.1) is 25.9 Å². The van der Waals surface area contributed by atoms with Gasteiger partial charge in [-0.05, 0) is 29.2 Å². The van der Waals surface area contributed by atoms with Gasteiger partial charge in [-0.3, -0.25) is 0 Å². The molecule has 0 aliphatic carbocycles. The lowest BCUT2D eigenvalue weighted by Crippen LogP contribution is -2.68. The zero-order chi connectivity index (χ0) is 28.5. The second-order valence-electron chi connectivity index (χ2n) is 10.6. The molecule has 6 heteroatoms. The van der Waals surface area contributed by atoms with Crippen LogP contribution in [-0.2, 0) is 45.2 Å².